The van der Waals surface area contributed by atoms with Crippen molar-refractivity contribution >= 4 is 28.4 Å². The molecule has 0 aliphatic heterocycles. The van der Waals surface area contributed by atoms with E-state index in [1.165, 1.54) is 12.1 Å². The van der Waals surface area contributed by atoms with Crippen LogP contribution in [0.1, 0.15) is 17.0 Å². The summed E-state index contributed by atoms with van der Waals surface area (Å²) in [5.74, 6) is -1.20. The number of nitrogens with one attached hydrogen (secondary N) is 1. The number of hydrogen-bond acceptors (Lipinski definition) is 6. The van der Waals surface area contributed by atoms with Crippen molar-refractivity contribution in [3.8, 4) is 11.3 Å². The molecule has 1 N–H and O–H groups in total. The Labute approximate surface area is 205 Å². The number of amides is 1. The molecule has 0 aliphatic rings. The van der Waals surface area contributed by atoms with Gasteiger partial charge in [-0.15, -0.1) is 0 Å². The summed E-state index contributed by atoms with van der Waals surface area (Å²) in [6.45, 7) is 3.05. The van der Waals surface area contributed by atoms with E-state index in [2.05, 4.69) is 25.4 Å². The highest BCUT2D eigenvalue weighted by Gasteiger charge is 2.33. The van der Waals surface area contributed by atoms with Gasteiger partial charge in [0, 0.05) is 23.5 Å². The smallest absolute Gasteiger partial charge is 0.309 e. The number of aromatic nitrogens is 6. The fourth-order valence-electron chi connectivity index (χ4n) is 4.04. The molecule has 13 heteroatoms. The predicted octanol–water partition coefficient (Wildman–Crippen LogP) is 3.91. The summed E-state index contributed by atoms with van der Waals surface area (Å²) in [7, 11) is 0. The average molecular weight is 511 g/mol. The number of alkyl halides is 3. The number of nitrogens with zero attached hydrogens (tertiary/aromatic N) is 6. The second kappa shape index (κ2) is 8.76. The van der Waals surface area contributed by atoms with Crippen LogP contribution in [0.15, 0.2) is 53.6 Å². The number of fused-ring (bicyclic) bond motifs is 3. The molecule has 0 saturated carbocycles. The number of hydrogen-bond donors (Lipinski definition) is 1. The maximum Gasteiger partial charge on any atom is 0.433 e. The maximum atomic E-state index is 13.4. The van der Waals surface area contributed by atoms with Crippen molar-refractivity contribution in [1.29, 1.82) is 0 Å². The first kappa shape index (κ1) is 24.0. The predicted molar refractivity (Wildman–Crippen MR) is 125 cm³/mol. The molecule has 5 rings (SSSR count). The van der Waals surface area contributed by atoms with Crippen LogP contribution in [0.5, 0.6) is 0 Å². The van der Waals surface area contributed by atoms with Crippen molar-refractivity contribution in [2.24, 2.45) is 0 Å². The normalized spacial score (nSPS) is 11.8. The molecule has 1 amide bonds. The van der Waals surface area contributed by atoms with E-state index in [9.17, 15) is 27.2 Å². The molecule has 5 aromatic heterocycles. The Hall–Kier alpha value is -4.68. The second-order valence-corrected chi connectivity index (χ2v) is 8.25. The third-order valence-electron chi connectivity index (χ3n) is 5.71. The van der Waals surface area contributed by atoms with Crippen LogP contribution < -0.4 is 10.9 Å². The third-order valence-corrected chi connectivity index (χ3v) is 5.71. The van der Waals surface area contributed by atoms with Crippen molar-refractivity contribution in [2.45, 2.75) is 26.6 Å². The topological polar surface area (TPSA) is 107 Å². The van der Waals surface area contributed by atoms with E-state index >= 15 is 0 Å². The van der Waals surface area contributed by atoms with Gasteiger partial charge >= 0.3 is 6.18 Å². The molecule has 188 valence electrons. The number of aryl methyl sites for hydroxylation is 2. The van der Waals surface area contributed by atoms with Crippen molar-refractivity contribution in [3.05, 3.63) is 81.9 Å². The van der Waals surface area contributed by atoms with Crippen LogP contribution in [0, 0.1) is 19.7 Å². The number of carbonyl (C=O) groups excluding carboxylic acids is 1. The molecule has 0 saturated heterocycles. The zero-order valence-electron chi connectivity index (χ0n) is 19.3. The van der Waals surface area contributed by atoms with Gasteiger partial charge in [0.25, 0.3) is 5.56 Å². The molecule has 9 nitrogen and oxygen atoms in total. The van der Waals surface area contributed by atoms with Crippen LogP contribution in [-0.2, 0) is 17.5 Å². The Morgan fingerprint density at radius 1 is 1.08 bits per heavy atom. The quantitative estimate of drug-likeness (QED) is 0.367. The van der Waals surface area contributed by atoms with Crippen LogP contribution in [-0.4, -0.2) is 35.0 Å². The van der Waals surface area contributed by atoms with Crippen LogP contribution in [0.25, 0.3) is 27.9 Å². The molecule has 5 aromatic rings. The molecule has 0 atom stereocenters. The van der Waals surface area contributed by atoms with Crippen molar-refractivity contribution < 1.29 is 22.4 Å². The van der Waals surface area contributed by atoms with Gasteiger partial charge in [0.2, 0.25) is 5.91 Å². The lowest BCUT2D eigenvalue weighted by Crippen LogP contribution is -2.30. The van der Waals surface area contributed by atoms with Crippen molar-refractivity contribution in [2.75, 3.05) is 5.32 Å². The van der Waals surface area contributed by atoms with E-state index in [1.807, 2.05) is 6.92 Å². The Morgan fingerprint density at radius 3 is 2.54 bits per heavy atom. The Kier molecular flexibility index (Phi) is 5.69. The van der Waals surface area contributed by atoms with E-state index in [0.29, 0.717) is 23.0 Å². The van der Waals surface area contributed by atoms with E-state index in [-0.39, 0.29) is 22.5 Å². The second-order valence-electron chi connectivity index (χ2n) is 8.25. The minimum absolute atomic E-state index is 0.0455. The Bertz CT molecular complexity index is 1720. The largest absolute Gasteiger partial charge is 0.433 e. The number of halogens is 4. The molecule has 0 fully saturated rings. The molecule has 0 spiro atoms. The molecule has 0 aromatic carbocycles. The summed E-state index contributed by atoms with van der Waals surface area (Å²) in [6.07, 6.45) is -2.22. The van der Waals surface area contributed by atoms with Gasteiger partial charge in [0.1, 0.15) is 29.5 Å². The molecule has 0 bridgehead atoms. The zero-order valence-corrected chi connectivity index (χ0v) is 19.3. The highest BCUT2D eigenvalue weighted by Crippen LogP contribution is 2.30. The minimum atomic E-state index is -4.75. The maximum absolute atomic E-state index is 13.4. The van der Waals surface area contributed by atoms with E-state index in [4.69, 9.17) is 0 Å². The van der Waals surface area contributed by atoms with Gasteiger partial charge in [-0.2, -0.15) is 22.8 Å². The summed E-state index contributed by atoms with van der Waals surface area (Å²) in [4.78, 5) is 37.8. The van der Waals surface area contributed by atoms with Gasteiger partial charge in [-0.1, -0.05) is 0 Å². The zero-order chi connectivity index (χ0) is 26.5. The molecular formula is C24H17F4N7O2. The number of rotatable bonds is 4. The molecule has 0 unspecified atom stereocenters. The standard InChI is InChI=1S/C24H17F4N7O2/c1-12-7-8-29-13(2)21(12)16-9-20-34(11-19(36)32-18-6-3-14(25)10-30-18)23(37)15-4-5-17(24(26,27)28)31-22(15)35(20)33-16/h3-10H,11H2,1-2H3,(H,30,32,36). The Morgan fingerprint density at radius 2 is 1.86 bits per heavy atom. The van der Waals surface area contributed by atoms with Crippen molar-refractivity contribution in [1.82, 2.24) is 29.1 Å². The van der Waals surface area contributed by atoms with E-state index in [0.717, 1.165) is 33.0 Å². The van der Waals surface area contributed by atoms with Gasteiger partial charge in [-0.05, 0) is 49.7 Å². The van der Waals surface area contributed by atoms with Gasteiger partial charge in [0.15, 0.2) is 5.65 Å². The third kappa shape index (κ3) is 4.39. The van der Waals surface area contributed by atoms with E-state index in [1.54, 1.807) is 19.2 Å². The molecule has 37 heavy (non-hydrogen) atoms. The van der Waals surface area contributed by atoms with Crippen LogP contribution in [0.3, 0.4) is 0 Å². The summed E-state index contributed by atoms with van der Waals surface area (Å²) < 4.78 is 55.6. The van der Waals surface area contributed by atoms with Gasteiger partial charge in [-0.3, -0.25) is 19.1 Å². The summed E-state index contributed by atoms with van der Waals surface area (Å²) in [5, 5.41) is 6.76. The van der Waals surface area contributed by atoms with Gasteiger partial charge in [0.05, 0.1) is 17.3 Å². The molecule has 5 heterocycles. The highest BCUT2D eigenvalue weighted by molar-refractivity contribution is 5.90. The lowest BCUT2D eigenvalue weighted by atomic mass is 10.1. The summed E-state index contributed by atoms with van der Waals surface area (Å²) in [5.41, 5.74) is 0.195. The first-order chi connectivity index (χ1) is 17.5. The number of pyridine rings is 3. The van der Waals surface area contributed by atoms with Crippen LogP contribution in [0.2, 0.25) is 0 Å². The summed E-state index contributed by atoms with van der Waals surface area (Å²) >= 11 is 0. The Balaban J connectivity index is 1.71. The fraction of sp³-hybridized carbons (Fsp3) is 0.167. The van der Waals surface area contributed by atoms with Gasteiger partial charge < -0.3 is 5.32 Å². The minimum Gasteiger partial charge on any atom is -0.309 e. The van der Waals surface area contributed by atoms with Crippen molar-refractivity contribution in [3.63, 3.8) is 0 Å². The number of anilines is 1. The van der Waals surface area contributed by atoms with Gasteiger partial charge in [-0.25, -0.2) is 14.4 Å². The first-order valence-electron chi connectivity index (χ1n) is 10.9. The first-order valence-corrected chi connectivity index (χ1v) is 10.9. The molecule has 0 radical (unpaired) electrons. The molecular weight excluding hydrogens is 494 g/mol. The highest BCUT2D eigenvalue weighted by atomic mass is 19.4. The monoisotopic (exact) mass is 511 g/mol. The molecule has 0 aliphatic carbocycles. The van der Waals surface area contributed by atoms with Crippen LogP contribution in [0.4, 0.5) is 23.4 Å². The number of carbonyl (C=O) groups is 1. The fourth-order valence-corrected chi connectivity index (χ4v) is 4.04. The average Bonchev–Trinajstić information content (AvgIpc) is 3.27. The lowest BCUT2D eigenvalue weighted by molar-refractivity contribution is -0.141. The lowest BCUT2D eigenvalue weighted by Gasteiger charge is -2.12. The van der Waals surface area contributed by atoms with Crippen LogP contribution >= 0.6 is 0 Å². The summed E-state index contributed by atoms with van der Waals surface area (Å²) in [6, 6.07) is 7.30. The van der Waals surface area contributed by atoms with E-state index < -0.39 is 35.7 Å². The SMILES string of the molecule is Cc1ccnc(C)c1-c1cc2n(CC(=O)Nc3ccc(F)cn3)c(=O)c3ccc(C(F)(F)F)nc3n2n1.